The fourth-order valence-corrected chi connectivity index (χ4v) is 4.22. The first-order chi connectivity index (χ1) is 11.5. The molecule has 1 N–H and O–H groups in total. The van der Waals surface area contributed by atoms with E-state index < -0.39 is 21.7 Å². The van der Waals surface area contributed by atoms with Gasteiger partial charge in [0.15, 0.2) is 0 Å². The molecule has 1 atom stereocenters. The van der Waals surface area contributed by atoms with Crippen molar-refractivity contribution in [2.45, 2.75) is 44.6 Å². The third-order valence-electron chi connectivity index (χ3n) is 3.53. The molecular formula is C16H22Cl2N2O4S. The molecule has 1 aliphatic heterocycles. The minimum absolute atomic E-state index is 0.202. The van der Waals surface area contributed by atoms with Gasteiger partial charge in [-0.25, -0.2) is 17.9 Å². The molecule has 0 radical (unpaired) electrons. The Hall–Kier alpha value is -1.02. The molecule has 25 heavy (non-hydrogen) atoms. The number of amides is 1. The van der Waals surface area contributed by atoms with Crippen molar-refractivity contribution in [3.63, 3.8) is 0 Å². The lowest BCUT2D eigenvalue weighted by molar-refractivity contribution is 0.0292. The highest BCUT2D eigenvalue weighted by atomic mass is 35.5. The maximum atomic E-state index is 12.3. The van der Waals surface area contributed by atoms with E-state index in [4.69, 9.17) is 27.9 Å². The fourth-order valence-electron chi connectivity index (χ4n) is 2.49. The summed E-state index contributed by atoms with van der Waals surface area (Å²) in [6, 6.07) is 4.38. The van der Waals surface area contributed by atoms with Crippen molar-refractivity contribution in [1.29, 1.82) is 0 Å². The highest BCUT2D eigenvalue weighted by Crippen LogP contribution is 2.23. The van der Waals surface area contributed by atoms with E-state index in [0.717, 1.165) is 0 Å². The normalized spacial score (nSPS) is 18.4. The van der Waals surface area contributed by atoms with Crippen LogP contribution in [0.4, 0.5) is 4.79 Å². The number of nitrogens with zero attached hydrogens (tertiary/aromatic N) is 1. The molecule has 2 rings (SSSR count). The van der Waals surface area contributed by atoms with Gasteiger partial charge in [0.1, 0.15) is 5.60 Å². The van der Waals surface area contributed by atoms with Gasteiger partial charge in [-0.05, 0) is 44.9 Å². The summed E-state index contributed by atoms with van der Waals surface area (Å²) in [6.07, 6.45) is 0.110. The van der Waals surface area contributed by atoms with Crippen LogP contribution in [0.1, 0.15) is 32.8 Å². The molecule has 1 fully saturated rings. The van der Waals surface area contributed by atoms with E-state index in [9.17, 15) is 13.2 Å². The molecule has 0 spiro atoms. The first-order valence-corrected chi connectivity index (χ1v) is 10.3. The van der Waals surface area contributed by atoms with Gasteiger partial charge in [0.05, 0.1) is 15.8 Å². The number of hydrogen-bond donors (Lipinski definition) is 1. The maximum Gasteiger partial charge on any atom is 0.410 e. The van der Waals surface area contributed by atoms with Crippen molar-refractivity contribution in [2.75, 3.05) is 13.1 Å². The Balaban J connectivity index is 1.93. The average molecular weight is 409 g/mol. The van der Waals surface area contributed by atoms with Crippen molar-refractivity contribution in [3.05, 3.63) is 33.8 Å². The van der Waals surface area contributed by atoms with Gasteiger partial charge in [-0.3, -0.25) is 0 Å². The van der Waals surface area contributed by atoms with Crippen LogP contribution >= 0.6 is 23.2 Å². The van der Waals surface area contributed by atoms with Gasteiger partial charge in [-0.1, -0.05) is 29.3 Å². The minimum atomic E-state index is -3.56. The van der Waals surface area contributed by atoms with Crippen molar-refractivity contribution in [3.8, 4) is 0 Å². The van der Waals surface area contributed by atoms with E-state index >= 15 is 0 Å². The fraction of sp³-hybridized carbons (Fsp3) is 0.562. The lowest BCUT2D eigenvalue weighted by Gasteiger charge is -2.24. The molecule has 1 saturated heterocycles. The van der Waals surface area contributed by atoms with Crippen LogP contribution in [0.15, 0.2) is 18.2 Å². The molecule has 0 aromatic heterocycles. The summed E-state index contributed by atoms with van der Waals surface area (Å²) in [7, 11) is -3.56. The monoisotopic (exact) mass is 408 g/mol. The van der Waals surface area contributed by atoms with Crippen molar-refractivity contribution in [1.82, 2.24) is 9.62 Å². The SMILES string of the molecule is CC(C)(C)OC(=O)N1CC[C@H](NS(=O)(=O)Cc2ccc(Cl)c(Cl)c2)C1. The molecule has 0 bridgehead atoms. The zero-order valence-corrected chi connectivity index (χ0v) is 16.7. The van der Waals surface area contributed by atoms with E-state index in [1.54, 1.807) is 32.9 Å². The van der Waals surface area contributed by atoms with E-state index in [1.165, 1.54) is 11.0 Å². The molecule has 1 aromatic carbocycles. The second-order valence-corrected chi connectivity index (χ2v) is 9.61. The standard InChI is InChI=1S/C16H22Cl2N2O4S/c1-16(2,3)24-15(21)20-7-6-12(9-20)19-25(22,23)10-11-4-5-13(17)14(18)8-11/h4-5,8,12,19H,6-7,9-10H2,1-3H3/t12-/m0/s1. The van der Waals surface area contributed by atoms with Crippen LogP contribution in [0.25, 0.3) is 0 Å². The molecule has 0 saturated carbocycles. The zero-order chi connectivity index (χ0) is 18.8. The Morgan fingerprint density at radius 1 is 1.32 bits per heavy atom. The molecule has 140 valence electrons. The summed E-state index contributed by atoms with van der Waals surface area (Å²) in [5, 5.41) is 0.686. The summed E-state index contributed by atoms with van der Waals surface area (Å²) in [4.78, 5) is 13.5. The van der Waals surface area contributed by atoms with Gasteiger partial charge >= 0.3 is 6.09 Å². The smallest absolute Gasteiger partial charge is 0.410 e. The van der Waals surface area contributed by atoms with Crippen molar-refractivity contribution < 1.29 is 17.9 Å². The Morgan fingerprint density at radius 3 is 2.60 bits per heavy atom. The lowest BCUT2D eigenvalue weighted by atomic mass is 10.2. The Bertz CT molecular complexity index is 747. The molecule has 6 nitrogen and oxygen atoms in total. The van der Waals surface area contributed by atoms with Gasteiger partial charge in [-0.15, -0.1) is 0 Å². The second kappa shape index (κ2) is 7.70. The highest BCUT2D eigenvalue weighted by molar-refractivity contribution is 7.88. The number of benzene rings is 1. The van der Waals surface area contributed by atoms with Crippen LogP contribution in [0, 0.1) is 0 Å². The Labute approximate surface area is 158 Å². The largest absolute Gasteiger partial charge is 0.444 e. The van der Waals surface area contributed by atoms with Gasteiger partial charge < -0.3 is 9.64 Å². The molecule has 0 aliphatic carbocycles. The molecule has 0 unspecified atom stereocenters. The lowest BCUT2D eigenvalue weighted by Crippen LogP contribution is -2.40. The van der Waals surface area contributed by atoms with Crippen LogP contribution in [0.2, 0.25) is 10.0 Å². The third kappa shape index (κ3) is 6.33. The molecule has 1 aromatic rings. The second-order valence-electron chi connectivity index (χ2n) is 7.04. The minimum Gasteiger partial charge on any atom is -0.444 e. The quantitative estimate of drug-likeness (QED) is 0.827. The number of likely N-dealkylation sites (tertiary alicyclic amines) is 1. The van der Waals surface area contributed by atoms with Crippen LogP contribution in [-0.4, -0.2) is 44.1 Å². The van der Waals surface area contributed by atoms with Crippen molar-refractivity contribution in [2.24, 2.45) is 0 Å². The summed E-state index contributed by atoms with van der Waals surface area (Å²) in [5.74, 6) is -0.202. The predicted molar refractivity (Wildman–Crippen MR) is 98.4 cm³/mol. The number of ether oxygens (including phenoxy) is 1. The first kappa shape index (κ1) is 20.3. The van der Waals surface area contributed by atoms with E-state index in [1.807, 2.05) is 0 Å². The number of rotatable bonds is 4. The van der Waals surface area contributed by atoms with Crippen molar-refractivity contribution >= 4 is 39.3 Å². The average Bonchev–Trinajstić information content (AvgIpc) is 2.88. The number of carbonyl (C=O) groups is 1. The Morgan fingerprint density at radius 2 is 2.00 bits per heavy atom. The molecule has 9 heteroatoms. The van der Waals surface area contributed by atoms with Crippen LogP contribution in [-0.2, 0) is 20.5 Å². The number of carbonyl (C=O) groups excluding carboxylic acids is 1. The number of sulfonamides is 1. The van der Waals surface area contributed by atoms with Crippen LogP contribution < -0.4 is 4.72 Å². The summed E-state index contributed by atoms with van der Waals surface area (Å²) in [5.41, 5.74) is -0.0356. The summed E-state index contributed by atoms with van der Waals surface area (Å²) in [6.45, 7) is 6.11. The zero-order valence-electron chi connectivity index (χ0n) is 14.4. The molecule has 1 amide bonds. The first-order valence-electron chi connectivity index (χ1n) is 7.87. The highest BCUT2D eigenvalue weighted by Gasteiger charge is 2.31. The van der Waals surface area contributed by atoms with E-state index in [-0.39, 0.29) is 18.3 Å². The van der Waals surface area contributed by atoms with Crippen LogP contribution in [0.3, 0.4) is 0 Å². The molecular weight excluding hydrogens is 387 g/mol. The van der Waals surface area contributed by atoms with E-state index in [2.05, 4.69) is 4.72 Å². The summed E-state index contributed by atoms with van der Waals surface area (Å²) < 4.78 is 32.6. The molecule has 1 heterocycles. The number of halogens is 2. The Kier molecular flexibility index (Phi) is 6.25. The predicted octanol–water partition coefficient (Wildman–Crippen LogP) is 3.42. The van der Waals surface area contributed by atoms with Gasteiger partial charge in [0.25, 0.3) is 0 Å². The maximum absolute atomic E-state index is 12.3. The molecule has 1 aliphatic rings. The number of nitrogens with one attached hydrogen (secondary N) is 1. The summed E-state index contributed by atoms with van der Waals surface area (Å²) >= 11 is 11.7. The van der Waals surface area contributed by atoms with Crippen LogP contribution in [0.5, 0.6) is 0 Å². The van der Waals surface area contributed by atoms with Gasteiger partial charge in [0.2, 0.25) is 10.0 Å². The van der Waals surface area contributed by atoms with E-state index in [0.29, 0.717) is 28.6 Å². The van der Waals surface area contributed by atoms with Gasteiger partial charge in [0, 0.05) is 19.1 Å². The topological polar surface area (TPSA) is 75.7 Å². The third-order valence-corrected chi connectivity index (χ3v) is 5.67. The number of hydrogen-bond acceptors (Lipinski definition) is 4. The van der Waals surface area contributed by atoms with Gasteiger partial charge in [-0.2, -0.15) is 0 Å².